The first-order chi connectivity index (χ1) is 17.5. The van der Waals surface area contributed by atoms with Crippen LogP contribution in [0.15, 0.2) is 81.1 Å². The van der Waals surface area contributed by atoms with Crippen LogP contribution in [0.3, 0.4) is 0 Å². The second-order valence-electron chi connectivity index (χ2n) is 7.90. The number of methoxy groups -OCH3 is 2. The lowest BCUT2D eigenvalue weighted by molar-refractivity contribution is 0.171. The third-order valence-corrected chi connectivity index (χ3v) is 7.26. The second kappa shape index (κ2) is 9.82. The highest BCUT2D eigenvalue weighted by atomic mass is 32.2. The van der Waals surface area contributed by atoms with E-state index in [1.54, 1.807) is 44.6 Å². The van der Waals surface area contributed by atoms with E-state index in [1.807, 2.05) is 24.3 Å². The van der Waals surface area contributed by atoms with Crippen molar-refractivity contribution in [3.8, 4) is 34.5 Å². The predicted octanol–water partition coefficient (Wildman–Crippen LogP) is 4.57. The van der Waals surface area contributed by atoms with E-state index in [1.165, 1.54) is 12.1 Å². The van der Waals surface area contributed by atoms with E-state index in [4.69, 9.17) is 23.4 Å². The second-order valence-corrected chi connectivity index (χ2v) is 9.76. The molecule has 5 rings (SSSR count). The first kappa shape index (κ1) is 23.6. The lowest BCUT2D eigenvalue weighted by atomic mass is 10.2. The number of hydrogen-bond acceptors (Lipinski definition) is 9. The van der Waals surface area contributed by atoms with Crippen molar-refractivity contribution < 1.29 is 31.8 Å². The molecule has 0 bridgehead atoms. The van der Waals surface area contributed by atoms with Crippen LogP contribution in [0.1, 0.15) is 5.56 Å². The number of aromatic nitrogens is 1. The molecule has 0 amide bonds. The summed E-state index contributed by atoms with van der Waals surface area (Å²) in [7, 11) is -0.931. The van der Waals surface area contributed by atoms with Gasteiger partial charge in [0, 0.05) is 18.2 Å². The molecule has 10 heteroatoms. The number of anilines is 1. The average molecular weight is 509 g/mol. The summed E-state index contributed by atoms with van der Waals surface area (Å²) in [4.78, 5) is 4.41. The number of nitrogens with one attached hydrogen (secondary N) is 1. The Balaban J connectivity index is 1.53. The van der Waals surface area contributed by atoms with Crippen molar-refractivity contribution in [1.29, 1.82) is 0 Å². The molecular weight excluding hydrogens is 484 g/mol. The molecule has 36 heavy (non-hydrogen) atoms. The van der Waals surface area contributed by atoms with Gasteiger partial charge in [0.1, 0.15) is 24.7 Å². The molecule has 4 aromatic rings. The average Bonchev–Trinajstić information content (AvgIpc) is 3.37. The molecule has 0 atom stereocenters. The van der Waals surface area contributed by atoms with E-state index in [-0.39, 0.29) is 21.7 Å². The van der Waals surface area contributed by atoms with Crippen LogP contribution in [0.4, 0.5) is 5.88 Å². The normalized spacial score (nSPS) is 12.7. The lowest BCUT2D eigenvalue weighted by Gasteiger charge is -2.18. The largest absolute Gasteiger partial charge is 0.497 e. The molecule has 0 aliphatic carbocycles. The molecule has 0 spiro atoms. The van der Waals surface area contributed by atoms with Crippen molar-refractivity contribution in [2.24, 2.45) is 0 Å². The number of rotatable bonds is 8. The zero-order chi connectivity index (χ0) is 25.1. The highest BCUT2D eigenvalue weighted by molar-refractivity contribution is 7.91. The van der Waals surface area contributed by atoms with Crippen LogP contribution in [-0.2, 0) is 16.4 Å². The van der Waals surface area contributed by atoms with Gasteiger partial charge in [-0.25, -0.2) is 8.42 Å². The molecule has 0 fully saturated rings. The Hall–Kier alpha value is -4.18. The summed E-state index contributed by atoms with van der Waals surface area (Å²) in [5.74, 6) is 2.35. The van der Waals surface area contributed by atoms with Crippen LogP contribution in [-0.4, -0.2) is 40.8 Å². The number of nitrogens with zero attached hydrogens (tertiary/aromatic N) is 1. The minimum Gasteiger partial charge on any atom is -0.497 e. The fourth-order valence-corrected chi connectivity index (χ4v) is 5.00. The molecule has 2 heterocycles. The van der Waals surface area contributed by atoms with E-state index in [0.29, 0.717) is 42.6 Å². The molecule has 0 unspecified atom stereocenters. The van der Waals surface area contributed by atoms with Crippen LogP contribution in [0, 0.1) is 0 Å². The molecule has 1 N–H and O–H groups in total. The Labute approximate surface area is 208 Å². The summed E-state index contributed by atoms with van der Waals surface area (Å²) in [6, 6.07) is 18.9. The smallest absolute Gasteiger partial charge is 0.234 e. The van der Waals surface area contributed by atoms with Crippen molar-refractivity contribution in [3.05, 3.63) is 72.3 Å². The van der Waals surface area contributed by atoms with Gasteiger partial charge in [-0.3, -0.25) is 0 Å². The van der Waals surface area contributed by atoms with Crippen LogP contribution in [0.25, 0.3) is 11.5 Å². The van der Waals surface area contributed by atoms with Crippen molar-refractivity contribution in [3.63, 3.8) is 0 Å². The third kappa shape index (κ3) is 4.67. The summed E-state index contributed by atoms with van der Waals surface area (Å²) < 4.78 is 54.9. The predicted molar refractivity (Wildman–Crippen MR) is 132 cm³/mol. The maximum Gasteiger partial charge on any atom is 0.234 e. The van der Waals surface area contributed by atoms with Crippen LogP contribution in [0.5, 0.6) is 23.0 Å². The topological polar surface area (TPSA) is 109 Å². The Morgan fingerprint density at radius 3 is 2.39 bits per heavy atom. The summed E-state index contributed by atoms with van der Waals surface area (Å²) in [6.07, 6.45) is 0. The van der Waals surface area contributed by atoms with E-state index in [9.17, 15) is 8.42 Å². The van der Waals surface area contributed by atoms with Crippen molar-refractivity contribution in [2.75, 3.05) is 32.8 Å². The van der Waals surface area contributed by atoms with Gasteiger partial charge in [-0.05, 0) is 48.0 Å². The van der Waals surface area contributed by atoms with E-state index in [2.05, 4.69) is 10.3 Å². The maximum atomic E-state index is 13.7. The van der Waals surface area contributed by atoms with Crippen molar-refractivity contribution >= 4 is 15.7 Å². The first-order valence-corrected chi connectivity index (χ1v) is 12.6. The Morgan fingerprint density at radius 2 is 1.64 bits per heavy atom. The van der Waals surface area contributed by atoms with Gasteiger partial charge >= 0.3 is 0 Å². The molecule has 3 aromatic carbocycles. The third-order valence-electron chi connectivity index (χ3n) is 5.60. The number of benzene rings is 3. The van der Waals surface area contributed by atoms with Gasteiger partial charge in [0.15, 0.2) is 11.5 Å². The summed E-state index contributed by atoms with van der Waals surface area (Å²) in [5.41, 5.74) is 1.48. The minimum absolute atomic E-state index is 0.0183. The molecule has 0 saturated heterocycles. The van der Waals surface area contributed by atoms with E-state index >= 15 is 0 Å². The molecule has 1 aliphatic rings. The number of sulfone groups is 1. The van der Waals surface area contributed by atoms with E-state index < -0.39 is 9.84 Å². The lowest BCUT2D eigenvalue weighted by Crippen LogP contribution is -2.16. The fraction of sp³-hybridized carbons (Fsp3) is 0.192. The molecule has 1 aromatic heterocycles. The minimum atomic E-state index is -4.08. The van der Waals surface area contributed by atoms with Gasteiger partial charge in [-0.2, -0.15) is 4.98 Å². The van der Waals surface area contributed by atoms with Crippen LogP contribution >= 0.6 is 0 Å². The van der Waals surface area contributed by atoms with Gasteiger partial charge < -0.3 is 28.7 Å². The van der Waals surface area contributed by atoms with E-state index in [0.717, 1.165) is 11.3 Å². The van der Waals surface area contributed by atoms with Gasteiger partial charge in [-0.1, -0.05) is 18.2 Å². The molecule has 0 saturated carbocycles. The first-order valence-electron chi connectivity index (χ1n) is 11.1. The molecular formula is C26H24N2O7S. The monoisotopic (exact) mass is 508 g/mol. The molecule has 1 aliphatic heterocycles. The van der Waals surface area contributed by atoms with Crippen LogP contribution in [0.2, 0.25) is 0 Å². The number of ether oxygens (including phenoxy) is 4. The standard InChI is InChI=1S/C26H24N2O7S/c1-31-19-8-6-17(7-9-19)16-27-25-26(28-24(35-25)18-4-3-5-20(14-18)32-2)36(29,30)21-10-11-22-23(15-21)34-13-12-33-22/h3-11,14-15,27H,12-13,16H2,1-2H3. The van der Waals surface area contributed by atoms with Crippen molar-refractivity contribution in [2.45, 2.75) is 16.5 Å². The Kier molecular flexibility index (Phi) is 6.43. The highest BCUT2D eigenvalue weighted by Crippen LogP contribution is 2.37. The fourth-order valence-electron chi connectivity index (χ4n) is 3.71. The van der Waals surface area contributed by atoms with Gasteiger partial charge in [0.05, 0.1) is 19.1 Å². The number of fused-ring (bicyclic) bond motifs is 1. The van der Waals surface area contributed by atoms with Crippen LogP contribution < -0.4 is 24.3 Å². The van der Waals surface area contributed by atoms with Gasteiger partial charge in [0.25, 0.3) is 0 Å². The highest BCUT2D eigenvalue weighted by Gasteiger charge is 2.30. The Morgan fingerprint density at radius 1 is 0.889 bits per heavy atom. The van der Waals surface area contributed by atoms with Gasteiger partial charge in [0.2, 0.25) is 26.6 Å². The van der Waals surface area contributed by atoms with Gasteiger partial charge in [-0.15, -0.1) is 0 Å². The zero-order valence-electron chi connectivity index (χ0n) is 19.7. The van der Waals surface area contributed by atoms with Crippen molar-refractivity contribution in [1.82, 2.24) is 4.98 Å². The quantitative estimate of drug-likeness (QED) is 0.366. The zero-order valence-corrected chi connectivity index (χ0v) is 20.5. The number of oxazole rings is 1. The summed E-state index contributed by atoms with van der Waals surface area (Å²) in [6.45, 7) is 1.06. The molecule has 0 radical (unpaired) electrons. The molecule has 9 nitrogen and oxygen atoms in total. The number of hydrogen-bond donors (Lipinski definition) is 1. The maximum absolute atomic E-state index is 13.7. The molecule has 186 valence electrons. The summed E-state index contributed by atoms with van der Waals surface area (Å²) in [5, 5.41) is 2.86. The Bertz CT molecular complexity index is 1480. The summed E-state index contributed by atoms with van der Waals surface area (Å²) >= 11 is 0. The SMILES string of the molecule is COc1ccc(CNc2oc(-c3cccc(OC)c3)nc2S(=O)(=O)c2ccc3c(c2)OCCO3)cc1.